The third-order valence-corrected chi connectivity index (χ3v) is 3.07. The van der Waals surface area contributed by atoms with Gasteiger partial charge in [0.05, 0.1) is 31.1 Å². The molecule has 0 aliphatic carbocycles. The first kappa shape index (κ1) is 13.2. The topological polar surface area (TPSA) is 50.3 Å². The van der Waals surface area contributed by atoms with Crippen LogP contribution in [0.2, 0.25) is 0 Å². The zero-order valence-electron chi connectivity index (χ0n) is 11.2. The van der Waals surface area contributed by atoms with E-state index in [-0.39, 0.29) is 0 Å². The van der Waals surface area contributed by atoms with E-state index in [0.29, 0.717) is 6.04 Å². The zero-order valence-corrected chi connectivity index (χ0v) is 11.2. The summed E-state index contributed by atoms with van der Waals surface area (Å²) in [6.07, 6.45) is 4.80. The smallest absolute Gasteiger partial charge is 0.147 e. The number of hydrogen-bond acceptors (Lipinski definition) is 5. The van der Waals surface area contributed by atoms with E-state index in [0.717, 1.165) is 50.8 Å². The molecule has 0 bridgehead atoms. The van der Waals surface area contributed by atoms with Gasteiger partial charge in [-0.3, -0.25) is 4.98 Å². The minimum absolute atomic E-state index is 0.368. The van der Waals surface area contributed by atoms with Gasteiger partial charge in [-0.2, -0.15) is 0 Å². The molecule has 1 aromatic heterocycles. The number of aromatic nitrogens is 2. The second-order valence-corrected chi connectivity index (χ2v) is 4.66. The predicted octanol–water partition coefficient (Wildman–Crippen LogP) is 1.20. The molecule has 5 heteroatoms. The van der Waals surface area contributed by atoms with Gasteiger partial charge < -0.3 is 15.0 Å². The predicted molar refractivity (Wildman–Crippen MR) is 71.7 cm³/mol. The van der Waals surface area contributed by atoms with Crippen molar-refractivity contribution < 1.29 is 4.74 Å². The molecule has 1 fully saturated rings. The highest BCUT2D eigenvalue weighted by Crippen LogP contribution is 2.16. The van der Waals surface area contributed by atoms with Crippen LogP contribution in [0, 0.1) is 0 Å². The third-order valence-electron chi connectivity index (χ3n) is 3.07. The first-order chi connectivity index (χ1) is 8.81. The van der Waals surface area contributed by atoms with Gasteiger partial charge >= 0.3 is 0 Å². The van der Waals surface area contributed by atoms with E-state index in [1.807, 2.05) is 12.4 Å². The normalized spacial score (nSPS) is 20.1. The fraction of sp³-hybridized carbons (Fsp3) is 0.692. The van der Waals surface area contributed by atoms with E-state index in [4.69, 9.17) is 4.74 Å². The van der Waals surface area contributed by atoms with Gasteiger partial charge in [-0.1, -0.05) is 6.92 Å². The summed E-state index contributed by atoms with van der Waals surface area (Å²) in [5.41, 5.74) is 1.000. The lowest BCUT2D eigenvalue weighted by Crippen LogP contribution is -2.44. The maximum absolute atomic E-state index is 5.44. The van der Waals surface area contributed by atoms with Crippen LogP contribution in [0.25, 0.3) is 0 Å². The summed E-state index contributed by atoms with van der Waals surface area (Å²) in [4.78, 5) is 11.2. The zero-order chi connectivity index (χ0) is 12.8. The van der Waals surface area contributed by atoms with Crippen molar-refractivity contribution in [3.63, 3.8) is 0 Å². The Balaban J connectivity index is 2.01. The van der Waals surface area contributed by atoms with Gasteiger partial charge in [-0.15, -0.1) is 0 Å². The van der Waals surface area contributed by atoms with Crippen LogP contribution in [-0.2, 0) is 11.3 Å². The molecular weight excluding hydrogens is 228 g/mol. The monoisotopic (exact) mass is 250 g/mol. The maximum Gasteiger partial charge on any atom is 0.147 e. The van der Waals surface area contributed by atoms with Crippen molar-refractivity contribution >= 4 is 5.82 Å². The minimum Gasteiger partial charge on any atom is -0.377 e. The van der Waals surface area contributed by atoms with Gasteiger partial charge in [0, 0.05) is 19.3 Å². The van der Waals surface area contributed by atoms with Gasteiger partial charge in [0.2, 0.25) is 0 Å². The van der Waals surface area contributed by atoms with Crippen LogP contribution < -0.4 is 10.2 Å². The van der Waals surface area contributed by atoms with Crippen LogP contribution in [-0.4, -0.2) is 42.3 Å². The molecule has 1 N–H and O–H groups in total. The summed E-state index contributed by atoms with van der Waals surface area (Å²) in [5, 5.41) is 3.35. The van der Waals surface area contributed by atoms with Gasteiger partial charge in [-0.25, -0.2) is 4.98 Å². The van der Waals surface area contributed by atoms with Crippen LogP contribution >= 0.6 is 0 Å². The molecule has 100 valence electrons. The van der Waals surface area contributed by atoms with Crippen molar-refractivity contribution in [2.24, 2.45) is 0 Å². The quantitative estimate of drug-likeness (QED) is 0.796. The molecule has 0 saturated carbocycles. The van der Waals surface area contributed by atoms with Crippen molar-refractivity contribution in [2.45, 2.75) is 32.9 Å². The standard InChI is InChI=1S/C13H22N4O/c1-3-4-14-7-12-8-15-9-13(16-12)17-5-6-18-10-11(17)2/h8-9,11,14H,3-7,10H2,1-2H3. The van der Waals surface area contributed by atoms with E-state index in [1.54, 1.807) is 0 Å². The van der Waals surface area contributed by atoms with Crippen LogP contribution in [0.4, 0.5) is 5.82 Å². The van der Waals surface area contributed by atoms with E-state index in [1.165, 1.54) is 0 Å². The number of hydrogen-bond donors (Lipinski definition) is 1. The Kier molecular flexibility index (Phi) is 4.90. The Morgan fingerprint density at radius 3 is 3.17 bits per heavy atom. The van der Waals surface area contributed by atoms with E-state index in [2.05, 4.69) is 34.0 Å². The average Bonchev–Trinajstić information content (AvgIpc) is 2.40. The second kappa shape index (κ2) is 6.66. The van der Waals surface area contributed by atoms with Crippen molar-refractivity contribution in [1.82, 2.24) is 15.3 Å². The van der Waals surface area contributed by atoms with Gasteiger partial charge in [0.15, 0.2) is 0 Å². The van der Waals surface area contributed by atoms with E-state index in [9.17, 15) is 0 Å². The molecule has 0 amide bonds. The van der Waals surface area contributed by atoms with Crippen LogP contribution in [0.3, 0.4) is 0 Å². The fourth-order valence-corrected chi connectivity index (χ4v) is 2.08. The number of anilines is 1. The minimum atomic E-state index is 0.368. The van der Waals surface area contributed by atoms with Crippen molar-refractivity contribution in [1.29, 1.82) is 0 Å². The molecule has 1 unspecified atom stereocenters. The van der Waals surface area contributed by atoms with E-state index < -0.39 is 0 Å². The SMILES string of the molecule is CCCNCc1cncc(N2CCOCC2C)n1. The van der Waals surface area contributed by atoms with Crippen LogP contribution in [0.15, 0.2) is 12.4 Å². The first-order valence-electron chi connectivity index (χ1n) is 6.67. The van der Waals surface area contributed by atoms with Crippen LogP contribution in [0.1, 0.15) is 26.0 Å². The highest BCUT2D eigenvalue weighted by atomic mass is 16.5. The molecule has 1 aliphatic rings. The molecule has 1 saturated heterocycles. The molecule has 1 atom stereocenters. The number of rotatable bonds is 5. The molecule has 1 aliphatic heterocycles. The second-order valence-electron chi connectivity index (χ2n) is 4.66. The lowest BCUT2D eigenvalue weighted by atomic mass is 10.2. The van der Waals surface area contributed by atoms with Crippen molar-refractivity contribution in [3.05, 3.63) is 18.1 Å². The summed E-state index contributed by atoms with van der Waals surface area (Å²) in [7, 11) is 0. The van der Waals surface area contributed by atoms with Gasteiger partial charge in [0.1, 0.15) is 5.82 Å². The van der Waals surface area contributed by atoms with E-state index >= 15 is 0 Å². The highest BCUT2D eigenvalue weighted by molar-refractivity contribution is 5.38. The first-order valence-corrected chi connectivity index (χ1v) is 6.67. The molecule has 2 rings (SSSR count). The molecule has 0 aromatic carbocycles. The number of nitrogens with zero attached hydrogens (tertiary/aromatic N) is 3. The van der Waals surface area contributed by atoms with Crippen LogP contribution in [0.5, 0.6) is 0 Å². The van der Waals surface area contributed by atoms with Crippen molar-refractivity contribution in [3.8, 4) is 0 Å². The fourth-order valence-electron chi connectivity index (χ4n) is 2.08. The molecule has 18 heavy (non-hydrogen) atoms. The Morgan fingerprint density at radius 1 is 1.50 bits per heavy atom. The summed E-state index contributed by atoms with van der Waals surface area (Å²) in [6.45, 7) is 8.53. The van der Waals surface area contributed by atoms with Gasteiger partial charge in [0.25, 0.3) is 0 Å². The lowest BCUT2D eigenvalue weighted by Gasteiger charge is -2.34. The lowest BCUT2D eigenvalue weighted by molar-refractivity contribution is 0.0985. The van der Waals surface area contributed by atoms with Gasteiger partial charge in [-0.05, 0) is 19.9 Å². The molecule has 5 nitrogen and oxygen atoms in total. The largest absolute Gasteiger partial charge is 0.377 e. The summed E-state index contributed by atoms with van der Waals surface area (Å²) in [5.74, 6) is 0.960. The molecule has 1 aromatic rings. The summed E-state index contributed by atoms with van der Waals surface area (Å²) in [6, 6.07) is 0.368. The maximum atomic E-state index is 5.44. The van der Waals surface area contributed by atoms with Crippen molar-refractivity contribution in [2.75, 3.05) is 31.2 Å². The molecular formula is C13H22N4O. The third kappa shape index (κ3) is 3.40. The molecule has 2 heterocycles. The molecule has 0 spiro atoms. The summed E-state index contributed by atoms with van der Waals surface area (Å²) < 4.78 is 5.44. The number of morpholine rings is 1. The highest BCUT2D eigenvalue weighted by Gasteiger charge is 2.20. The summed E-state index contributed by atoms with van der Waals surface area (Å²) >= 11 is 0. The Bertz CT molecular complexity index is 372. The Morgan fingerprint density at radius 2 is 2.39 bits per heavy atom. The Labute approximate surface area is 109 Å². The number of ether oxygens (including phenoxy) is 1. The molecule has 0 radical (unpaired) electrons. The Hall–Kier alpha value is -1.20. The number of nitrogens with one attached hydrogen (secondary N) is 1. The average molecular weight is 250 g/mol.